The lowest BCUT2D eigenvalue weighted by Crippen LogP contribution is -2.34. The van der Waals surface area contributed by atoms with E-state index >= 15 is 0 Å². The lowest BCUT2D eigenvalue weighted by atomic mass is 10.0. The molecule has 1 aromatic carbocycles. The summed E-state index contributed by atoms with van der Waals surface area (Å²) < 4.78 is 65.4. The molecule has 0 aliphatic carbocycles. The van der Waals surface area contributed by atoms with Crippen molar-refractivity contribution < 1.29 is 46.1 Å². The van der Waals surface area contributed by atoms with Crippen LogP contribution in [0.2, 0.25) is 0 Å². The standard InChI is InChI=1S/C19H23N7.2C2HF3O2/c20-10-17-14-26(24-23-17)18-6-8-25(9-7-18)13-15-11-21-19(22-12-15)16-4-2-1-3-5-16;2*3-2(4,5)1(6)7/h1-5,11-12,14,18H,6-10,13,20H2;2*(H,6,7). The van der Waals surface area contributed by atoms with Crippen LogP contribution in [-0.4, -0.2) is 77.5 Å². The molecule has 0 unspecified atom stereocenters. The van der Waals surface area contributed by atoms with E-state index in [-0.39, 0.29) is 0 Å². The molecular weight excluding hydrogens is 552 g/mol. The van der Waals surface area contributed by atoms with Crippen molar-refractivity contribution in [3.8, 4) is 11.4 Å². The fourth-order valence-electron chi connectivity index (χ4n) is 3.36. The van der Waals surface area contributed by atoms with Crippen LogP contribution >= 0.6 is 0 Å². The van der Waals surface area contributed by atoms with E-state index in [9.17, 15) is 26.3 Å². The zero-order valence-corrected chi connectivity index (χ0v) is 20.7. The monoisotopic (exact) mass is 577 g/mol. The van der Waals surface area contributed by atoms with E-state index < -0.39 is 24.3 Å². The van der Waals surface area contributed by atoms with Crippen molar-refractivity contribution in [2.24, 2.45) is 5.73 Å². The van der Waals surface area contributed by atoms with Gasteiger partial charge in [-0.2, -0.15) is 26.3 Å². The Morgan fingerprint density at radius 1 is 0.925 bits per heavy atom. The number of benzene rings is 1. The van der Waals surface area contributed by atoms with Crippen LogP contribution in [0.25, 0.3) is 11.4 Å². The molecule has 17 heteroatoms. The third kappa shape index (κ3) is 10.6. The molecule has 4 N–H and O–H groups in total. The number of aromatic nitrogens is 5. The SMILES string of the molecule is NCc1cn(C2CCN(Cc3cnc(-c4ccccc4)nc3)CC2)nn1.O=C(O)C(F)(F)F.O=C(O)C(F)(F)F. The van der Waals surface area contributed by atoms with Crippen LogP contribution in [0.15, 0.2) is 48.9 Å². The van der Waals surface area contributed by atoms with Gasteiger partial charge in [0.05, 0.1) is 17.9 Å². The van der Waals surface area contributed by atoms with E-state index in [4.69, 9.17) is 25.5 Å². The van der Waals surface area contributed by atoms with Crippen molar-refractivity contribution in [1.82, 2.24) is 29.9 Å². The van der Waals surface area contributed by atoms with Crippen molar-refractivity contribution in [2.75, 3.05) is 13.1 Å². The van der Waals surface area contributed by atoms with Gasteiger partial charge in [0.15, 0.2) is 5.82 Å². The summed E-state index contributed by atoms with van der Waals surface area (Å²) in [5.74, 6) is -4.74. The van der Waals surface area contributed by atoms with Crippen molar-refractivity contribution in [3.63, 3.8) is 0 Å². The van der Waals surface area contributed by atoms with Gasteiger partial charge in [-0.15, -0.1) is 5.10 Å². The Kier molecular flexibility index (Phi) is 11.5. The Labute approximate surface area is 223 Å². The molecule has 3 heterocycles. The topological polar surface area (TPSA) is 160 Å². The number of nitrogens with zero attached hydrogens (tertiary/aromatic N) is 6. The second kappa shape index (κ2) is 14.3. The molecule has 40 heavy (non-hydrogen) atoms. The van der Waals surface area contributed by atoms with Crippen molar-refractivity contribution in [2.45, 2.75) is 44.3 Å². The van der Waals surface area contributed by atoms with Gasteiger partial charge in [0.25, 0.3) is 0 Å². The molecule has 1 saturated heterocycles. The number of likely N-dealkylation sites (tertiary alicyclic amines) is 1. The van der Waals surface area contributed by atoms with Gasteiger partial charge in [-0.3, -0.25) is 4.90 Å². The number of carboxylic acid groups (broad SMARTS) is 2. The van der Waals surface area contributed by atoms with Gasteiger partial charge in [0.2, 0.25) is 0 Å². The molecule has 218 valence electrons. The zero-order valence-electron chi connectivity index (χ0n) is 20.7. The molecule has 1 aliphatic heterocycles. The molecule has 0 amide bonds. The summed E-state index contributed by atoms with van der Waals surface area (Å²) in [6.45, 7) is 3.39. The molecule has 1 aliphatic rings. The van der Waals surface area contributed by atoms with Crippen LogP contribution in [0.3, 0.4) is 0 Å². The first-order valence-electron chi connectivity index (χ1n) is 11.5. The third-order valence-electron chi connectivity index (χ3n) is 5.33. The smallest absolute Gasteiger partial charge is 0.475 e. The number of rotatable bonds is 5. The van der Waals surface area contributed by atoms with E-state index in [0.29, 0.717) is 12.6 Å². The third-order valence-corrected chi connectivity index (χ3v) is 5.33. The normalized spacial score (nSPS) is 14.4. The van der Waals surface area contributed by atoms with Crippen molar-refractivity contribution in [1.29, 1.82) is 0 Å². The second-order valence-corrected chi connectivity index (χ2v) is 8.29. The second-order valence-electron chi connectivity index (χ2n) is 8.29. The number of alkyl halides is 6. The number of piperidine rings is 1. The molecule has 0 radical (unpaired) electrons. The first kappa shape index (κ1) is 32.1. The lowest BCUT2D eigenvalue weighted by Gasteiger charge is -2.31. The Balaban J connectivity index is 0.000000333. The molecule has 11 nitrogen and oxygen atoms in total. The number of carboxylic acids is 2. The average Bonchev–Trinajstić information content (AvgIpc) is 3.39. The zero-order chi connectivity index (χ0) is 29.9. The van der Waals surface area contributed by atoms with E-state index in [2.05, 4.69) is 25.2 Å². The maximum Gasteiger partial charge on any atom is 0.490 e. The Hall–Kier alpha value is -4.12. The Morgan fingerprint density at radius 2 is 1.43 bits per heavy atom. The number of nitrogens with two attached hydrogens (primary N) is 1. The van der Waals surface area contributed by atoms with Gasteiger partial charge in [0.1, 0.15) is 0 Å². The first-order valence-corrected chi connectivity index (χ1v) is 11.5. The summed E-state index contributed by atoms with van der Waals surface area (Å²) in [4.78, 5) is 29.3. The van der Waals surface area contributed by atoms with Crippen LogP contribution in [0, 0.1) is 0 Å². The minimum Gasteiger partial charge on any atom is -0.475 e. The number of halogens is 6. The van der Waals surface area contributed by atoms with Gasteiger partial charge in [0, 0.05) is 49.7 Å². The predicted octanol–water partition coefficient (Wildman–Crippen LogP) is 3.30. The van der Waals surface area contributed by atoms with Crippen LogP contribution in [0.1, 0.15) is 30.1 Å². The van der Waals surface area contributed by atoms with E-state index in [1.165, 1.54) is 0 Å². The van der Waals surface area contributed by atoms with Crippen LogP contribution in [0.5, 0.6) is 0 Å². The number of hydrogen-bond acceptors (Lipinski definition) is 8. The minimum absolute atomic E-state index is 0.413. The fourth-order valence-corrected chi connectivity index (χ4v) is 3.36. The molecule has 1 fully saturated rings. The van der Waals surface area contributed by atoms with Crippen LogP contribution in [0.4, 0.5) is 26.3 Å². The molecule has 0 spiro atoms. The maximum absolute atomic E-state index is 10.6. The Bertz CT molecular complexity index is 1190. The highest BCUT2D eigenvalue weighted by Crippen LogP contribution is 2.23. The average molecular weight is 577 g/mol. The molecular formula is C23H25F6N7O4. The quantitative estimate of drug-likeness (QED) is 0.384. The summed E-state index contributed by atoms with van der Waals surface area (Å²) in [5, 5.41) is 22.5. The molecule has 3 aromatic rings. The van der Waals surface area contributed by atoms with Crippen LogP contribution in [-0.2, 0) is 22.7 Å². The molecule has 2 aromatic heterocycles. The van der Waals surface area contributed by atoms with Gasteiger partial charge in [-0.05, 0) is 12.8 Å². The highest BCUT2D eigenvalue weighted by molar-refractivity contribution is 5.73. The maximum atomic E-state index is 10.6. The van der Waals surface area contributed by atoms with E-state index in [1.54, 1.807) is 0 Å². The number of carbonyl (C=O) groups is 2. The molecule has 0 atom stereocenters. The first-order chi connectivity index (χ1) is 18.7. The molecule has 4 rings (SSSR count). The van der Waals surface area contributed by atoms with Gasteiger partial charge in [-0.1, -0.05) is 35.5 Å². The highest BCUT2D eigenvalue weighted by Gasteiger charge is 2.38. The number of aliphatic carboxylic acids is 2. The van der Waals surface area contributed by atoms with Crippen molar-refractivity contribution in [3.05, 3.63) is 60.2 Å². The fraction of sp³-hybridized carbons (Fsp3) is 0.391. The molecule has 0 bridgehead atoms. The summed E-state index contributed by atoms with van der Waals surface area (Å²) in [7, 11) is 0. The van der Waals surface area contributed by atoms with Crippen molar-refractivity contribution >= 4 is 11.9 Å². The lowest BCUT2D eigenvalue weighted by molar-refractivity contribution is -0.193. The van der Waals surface area contributed by atoms with E-state index in [0.717, 1.165) is 55.1 Å². The van der Waals surface area contributed by atoms with E-state index in [1.807, 2.05) is 53.6 Å². The van der Waals surface area contributed by atoms with Crippen LogP contribution < -0.4 is 5.73 Å². The Morgan fingerprint density at radius 3 is 1.85 bits per heavy atom. The van der Waals surface area contributed by atoms with Gasteiger partial charge < -0.3 is 15.9 Å². The van der Waals surface area contributed by atoms with Gasteiger partial charge >= 0.3 is 24.3 Å². The number of hydrogen-bond donors (Lipinski definition) is 3. The summed E-state index contributed by atoms with van der Waals surface area (Å²) in [6.07, 6.45) is -2.19. The summed E-state index contributed by atoms with van der Waals surface area (Å²) in [6, 6.07) is 10.5. The van der Waals surface area contributed by atoms with Gasteiger partial charge in [-0.25, -0.2) is 24.2 Å². The summed E-state index contributed by atoms with van der Waals surface area (Å²) in [5.41, 5.74) is 8.66. The minimum atomic E-state index is -5.08. The predicted molar refractivity (Wildman–Crippen MR) is 126 cm³/mol. The molecule has 0 saturated carbocycles. The largest absolute Gasteiger partial charge is 0.490 e. The highest BCUT2D eigenvalue weighted by atomic mass is 19.4. The summed E-state index contributed by atoms with van der Waals surface area (Å²) >= 11 is 0.